The van der Waals surface area contributed by atoms with Gasteiger partial charge in [0.25, 0.3) is 0 Å². The summed E-state index contributed by atoms with van der Waals surface area (Å²) >= 11 is 1.73. The van der Waals surface area contributed by atoms with Gasteiger partial charge in [0.05, 0.1) is 11.2 Å². The highest BCUT2D eigenvalue weighted by Gasteiger charge is 2.12. The Balaban J connectivity index is 2.00. The van der Waals surface area contributed by atoms with Gasteiger partial charge in [0, 0.05) is 11.9 Å². The summed E-state index contributed by atoms with van der Waals surface area (Å²) in [5.74, 6) is 0. The molecular weight excluding hydrogens is 312 g/mol. The topological polar surface area (TPSA) is 17.3 Å². The van der Waals surface area contributed by atoms with Crippen molar-refractivity contribution in [3.8, 4) is 11.3 Å². The van der Waals surface area contributed by atoms with Crippen LogP contribution in [0.15, 0.2) is 71.0 Å². The lowest BCUT2D eigenvalue weighted by Crippen LogP contribution is -2.23. The van der Waals surface area contributed by atoms with Gasteiger partial charge in [0.1, 0.15) is 0 Å². The Kier molecular flexibility index (Phi) is 5.00. The van der Waals surface area contributed by atoms with Crippen LogP contribution in [0, 0.1) is 0 Å². The SMILES string of the molecule is CC(C)(C)N=c1scc(-c2ccccc2)n1CCc1ccccc1. The van der Waals surface area contributed by atoms with E-state index in [0.717, 1.165) is 17.8 Å². The lowest BCUT2D eigenvalue weighted by Gasteiger charge is -2.13. The van der Waals surface area contributed by atoms with Crippen LogP contribution < -0.4 is 4.80 Å². The first-order valence-electron chi connectivity index (χ1n) is 8.36. The largest absolute Gasteiger partial charge is 0.316 e. The molecule has 0 aliphatic rings. The molecule has 24 heavy (non-hydrogen) atoms. The zero-order valence-corrected chi connectivity index (χ0v) is 15.4. The van der Waals surface area contributed by atoms with E-state index in [2.05, 4.69) is 91.4 Å². The summed E-state index contributed by atoms with van der Waals surface area (Å²) < 4.78 is 2.36. The van der Waals surface area contributed by atoms with Gasteiger partial charge in [-0.3, -0.25) is 4.99 Å². The molecule has 0 saturated carbocycles. The maximum Gasteiger partial charge on any atom is 0.185 e. The van der Waals surface area contributed by atoms with Gasteiger partial charge in [-0.1, -0.05) is 60.7 Å². The molecule has 0 aliphatic carbocycles. The maximum absolute atomic E-state index is 4.93. The molecule has 0 radical (unpaired) electrons. The summed E-state index contributed by atoms with van der Waals surface area (Å²) in [6.45, 7) is 7.38. The summed E-state index contributed by atoms with van der Waals surface area (Å²) in [6, 6.07) is 21.2. The Bertz CT molecular complexity index is 837. The van der Waals surface area contributed by atoms with Gasteiger partial charge >= 0.3 is 0 Å². The average molecular weight is 337 g/mol. The van der Waals surface area contributed by atoms with E-state index in [1.807, 2.05) is 0 Å². The van der Waals surface area contributed by atoms with Crippen molar-refractivity contribution in [1.29, 1.82) is 0 Å². The van der Waals surface area contributed by atoms with Crippen LogP contribution in [0.5, 0.6) is 0 Å². The van der Waals surface area contributed by atoms with E-state index in [0.29, 0.717) is 0 Å². The summed E-state index contributed by atoms with van der Waals surface area (Å²) in [7, 11) is 0. The molecule has 0 bridgehead atoms. The second-order valence-electron chi connectivity index (χ2n) is 6.94. The predicted molar refractivity (Wildman–Crippen MR) is 103 cm³/mol. The van der Waals surface area contributed by atoms with E-state index in [9.17, 15) is 0 Å². The van der Waals surface area contributed by atoms with Crippen molar-refractivity contribution in [2.45, 2.75) is 39.3 Å². The Labute approximate surface area is 148 Å². The van der Waals surface area contributed by atoms with Crippen LogP contribution in [0.3, 0.4) is 0 Å². The smallest absolute Gasteiger partial charge is 0.185 e. The van der Waals surface area contributed by atoms with Gasteiger partial charge < -0.3 is 4.57 Å². The molecule has 0 amide bonds. The summed E-state index contributed by atoms with van der Waals surface area (Å²) in [6.07, 6.45) is 1.01. The number of aromatic nitrogens is 1. The first-order valence-corrected chi connectivity index (χ1v) is 9.24. The Morgan fingerprint density at radius 3 is 2.17 bits per heavy atom. The molecule has 0 saturated heterocycles. The Morgan fingerprint density at radius 2 is 1.54 bits per heavy atom. The minimum atomic E-state index is -0.0761. The van der Waals surface area contributed by atoms with Gasteiger partial charge in [-0.2, -0.15) is 0 Å². The minimum Gasteiger partial charge on any atom is -0.316 e. The summed E-state index contributed by atoms with van der Waals surface area (Å²) in [4.78, 5) is 6.03. The van der Waals surface area contributed by atoms with E-state index in [4.69, 9.17) is 4.99 Å². The van der Waals surface area contributed by atoms with Crippen LogP contribution in [0.4, 0.5) is 0 Å². The van der Waals surface area contributed by atoms with Crippen molar-refractivity contribution in [1.82, 2.24) is 4.57 Å². The molecule has 3 aromatic rings. The molecular formula is C21H24N2S. The molecule has 0 fully saturated rings. The monoisotopic (exact) mass is 336 g/mol. The lowest BCUT2D eigenvalue weighted by atomic mass is 10.1. The Morgan fingerprint density at radius 1 is 0.917 bits per heavy atom. The third-order valence-electron chi connectivity index (χ3n) is 3.77. The number of rotatable bonds is 4. The molecule has 0 spiro atoms. The highest BCUT2D eigenvalue weighted by Crippen LogP contribution is 2.21. The van der Waals surface area contributed by atoms with Crippen molar-refractivity contribution >= 4 is 11.3 Å². The van der Waals surface area contributed by atoms with E-state index in [1.165, 1.54) is 16.8 Å². The predicted octanol–water partition coefficient (Wildman–Crippen LogP) is 5.16. The molecule has 0 unspecified atom stereocenters. The third-order valence-corrected chi connectivity index (χ3v) is 4.63. The maximum atomic E-state index is 4.93. The average Bonchev–Trinajstić information content (AvgIpc) is 2.95. The molecule has 1 aromatic heterocycles. The molecule has 2 aromatic carbocycles. The van der Waals surface area contributed by atoms with Crippen LogP contribution in [0.1, 0.15) is 26.3 Å². The number of hydrogen-bond acceptors (Lipinski definition) is 2. The van der Waals surface area contributed by atoms with Crippen LogP contribution in [-0.2, 0) is 13.0 Å². The highest BCUT2D eigenvalue weighted by atomic mass is 32.1. The lowest BCUT2D eigenvalue weighted by molar-refractivity contribution is 0.548. The van der Waals surface area contributed by atoms with Crippen LogP contribution in [0.25, 0.3) is 11.3 Å². The van der Waals surface area contributed by atoms with Gasteiger partial charge in [-0.25, -0.2) is 0 Å². The quantitative estimate of drug-likeness (QED) is 0.626. The van der Waals surface area contributed by atoms with E-state index in [-0.39, 0.29) is 5.54 Å². The fraction of sp³-hybridized carbons (Fsp3) is 0.286. The fourth-order valence-electron chi connectivity index (χ4n) is 2.65. The highest BCUT2D eigenvalue weighted by molar-refractivity contribution is 7.07. The third kappa shape index (κ3) is 4.24. The zero-order valence-electron chi connectivity index (χ0n) is 14.6. The Hall–Kier alpha value is -2.13. The number of aryl methyl sites for hydroxylation is 1. The summed E-state index contributed by atoms with van der Waals surface area (Å²) in [5.41, 5.74) is 3.78. The normalized spacial score (nSPS) is 12.5. The number of thiazole rings is 1. The standard InChI is InChI=1S/C21H24N2S/c1-21(2,3)22-20-23(15-14-17-10-6-4-7-11-17)19(16-24-20)18-12-8-5-9-13-18/h4-13,16H,14-15H2,1-3H3. The van der Waals surface area contributed by atoms with Crippen molar-refractivity contribution in [2.24, 2.45) is 4.99 Å². The minimum absolute atomic E-state index is 0.0761. The zero-order chi connectivity index (χ0) is 17.0. The molecule has 0 atom stereocenters. The number of nitrogens with zero attached hydrogens (tertiary/aromatic N) is 2. The first kappa shape index (κ1) is 16.7. The molecule has 124 valence electrons. The second-order valence-corrected chi connectivity index (χ2v) is 7.78. The number of benzene rings is 2. The van der Waals surface area contributed by atoms with Crippen molar-refractivity contribution < 1.29 is 0 Å². The van der Waals surface area contributed by atoms with Gasteiger partial charge in [0.2, 0.25) is 0 Å². The van der Waals surface area contributed by atoms with E-state index < -0.39 is 0 Å². The molecule has 0 N–H and O–H groups in total. The van der Waals surface area contributed by atoms with Crippen LogP contribution >= 0.6 is 11.3 Å². The van der Waals surface area contributed by atoms with Gasteiger partial charge in [0.15, 0.2) is 4.80 Å². The van der Waals surface area contributed by atoms with E-state index >= 15 is 0 Å². The van der Waals surface area contributed by atoms with E-state index in [1.54, 1.807) is 11.3 Å². The fourth-order valence-corrected chi connectivity index (χ4v) is 3.77. The van der Waals surface area contributed by atoms with Crippen molar-refractivity contribution in [3.63, 3.8) is 0 Å². The van der Waals surface area contributed by atoms with Crippen LogP contribution in [0.2, 0.25) is 0 Å². The molecule has 0 aliphatic heterocycles. The molecule has 2 nitrogen and oxygen atoms in total. The second kappa shape index (κ2) is 7.18. The van der Waals surface area contributed by atoms with Crippen molar-refractivity contribution in [3.05, 3.63) is 76.4 Å². The van der Waals surface area contributed by atoms with Gasteiger partial charge in [-0.15, -0.1) is 11.3 Å². The molecule has 3 heteroatoms. The first-order chi connectivity index (χ1) is 11.5. The van der Waals surface area contributed by atoms with Gasteiger partial charge in [-0.05, 0) is 38.3 Å². The van der Waals surface area contributed by atoms with Crippen molar-refractivity contribution in [2.75, 3.05) is 0 Å². The molecule has 1 heterocycles. The molecule has 3 rings (SSSR count). The van der Waals surface area contributed by atoms with Crippen LogP contribution in [-0.4, -0.2) is 10.1 Å². The number of hydrogen-bond donors (Lipinski definition) is 0. The summed E-state index contributed by atoms with van der Waals surface area (Å²) in [5, 5.41) is 2.23.